The first kappa shape index (κ1) is 16.1. The van der Waals surface area contributed by atoms with Crippen LogP contribution in [0.1, 0.15) is 26.2 Å². The van der Waals surface area contributed by atoms with Gasteiger partial charge in [-0.15, -0.1) is 0 Å². The van der Waals surface area contributed by atoms with Crippen LogP contribution in [0.15, 0.2) is 24.3 Å². The first-order chi connectivity index (χ1) is 10.6. The van der Waals surface area contributed by atoms with Crippen LogP contribution in [0.2, 0.25) is 0 Å². The summed E-state index contributed by atoms with van der Waals surface area (Å²) in [6.45, 7) is 3.21. The minimum atomic E-state index is -0.209. The summed E-state index contributed by atoms with van der Waals surface area (Å²) < 4.78 is 5.18. The summed E-state index contributed by atoms with van der Waals surface area (Å²) in [5.41, 5.74) is 0.792. The Morgan fingerprint density at radius 3 is 3.00 bits per heavy atom. The summed E-state index contributed by atoms with van der Waals surface area (Å²) in [5.74, 6) is 0.714. The Bertz CT molecular complexity index is 533. The second-order valence-corrected chi connectivity index (χ2v) is 5.36. The van der Waals surface area contributed by atoms with E-state index in [0.717, 1.165) is 18.5 Å². The number of hydrogen-bond acceptors (Lipinski definition) is 3. The van der Waals surface area contributed by atoms with E-state index in [-0.39, 0.29) is 18.0 Å². The van der Waals surface area contributed by atoms with Gasteiger partial charge in [-0.2, -0.15) is 0 Å². The largest absolute Gasteiger partial charge is 0.497 e. The SMILES string of the molecule is CCCCNC(=O)N[C@H]1CC(=O)N(c2cccc(OC)c2)C1. The lowest BCUT2D eigenvalue weighted by atomic mass is 10.2. The lowest BCUT2D eigenvalue weighted by Crippen LogP contribution is -2.43. The van der Waals surface area contributed by atoms with E-state index < -0.39 is 0 Å². The number of methoxy groups -OCH3 is 1. The molecule has 6 nitrogen and oxygen atoms in total. The van der Waals surface area contributed by atoms with Gasteiger partial charge in [-0.05, 0) is 18.6 Å². The number of benzene rings is 1. The molecular weight excluding hydrogens is 282 g/mol. The molecule has 1 aliphatic heterocycles. The summed E-state index contributed by atoms with van der Waals surface area (Å²) >= 11 is 0. The highest BCUT2D eigenvalue weighted by Crippen LogP contribution is 2.25. The molecule has 1 aliphatic rings. The van der Waals surface area contributed by atoms with Crippen molar-refractivity contribution in [2.75, 3.05) is 25.1 Å². The average Bonchev–Trinajstić information content (AvgIpc) is 2.88. The molecule has 0 saturated carbocycles. The fourth-order valence-corrected chi connectivity index (χ4v) is 2.45. The Hall–Kier alpha value is -2.24. The molecule has 22 heavy (non-hydrogen) atoms. The summed E-state index contributed by atoms with van der Waals surface area (Å²) in [6, 6.07) is 6.99. The Labute approximate surface area is 130 Å². The lowest BCUT2D eigenvalue weighted by Gasteiger charge is -2.18. The Morgan fingerprint density at radius 1 is 1.45 bits per heavy atom. The van der Waals surface area contributed by atoms with Crippen LogP contribution in [-0.4, -0.2) is 38.2 Å². The number of rotatable bonds is 6. The van der Waals surface area contributed by atoms with E-state index in [4.69, 9.17) is 4.74 Å². The van der Waals surface area contributed by atoms with Crippen molar-refractivity contribution in [2.24, 2.45) is 0 Å². The van der Waals surface area contributed by atoms with Crippen molar-refractivity contribution < 1.29 is 14.3 Å². The molecular formula is C16H23N3O3. The number of carbonyl (C=O) groups is 2. The van der Waals surface area contributed by atoms with Gasteiger partial charge >= 0.3 is 6.03 Å². The number of ether oxygens (including phenoxy) is 1. The number of unbranched alkanes of at least 4 members (excludes halogenated alkanes) is 1. The molecule has 0 radical (unpaired) electrons. The molecule has 1 aromatic rings. The van der Waals surface area contributed by atoms with Crippen LogP contribution in [-0.2, 0) is 4.79 Å². The Balaban J connectivity index is 1.91. The van der Waals surface area contributed by atoms with Gasteiger partial charge < -0.3 is 20.3 Å². The van der Waals surface area contributed by atoms with E-state index in [1.54, 1.807) is 12.0 Å². The van der Waals surface area contributed by atoms with Crippen molar-refractivity contribution in [3.8, 4) is 5.75 Å². The molecule has 0 spiro atoms. The van der Waals surface area contributed by atoms with E-state index in [1.165, 1.54) is 0 Å². The number of amides is 3. The number of nitrogens with one attached hydrogen (secondary N) is 2. The summed E-state index contributed by atoms with van der Waals surface area (Å²) in [5, 5.41) is 5.65. The van der Waals surface area contributed by atoms with Crippen LogP contribution in [0.3, 0.4) is 0 Å². The third-order valence-electron chi connectivity index (χ3n) is 3.64. The van der Waals surface area contributed by atoms with Crippen LogP contribution in [0.5, 0.6) is 5.75 Å². The molecule has 2 rings (SSSR count). The molecule has 2 N–H and O–H groups in total. The van der Waals surface area contributed by atoms with E-state index in [1.807, 2.05) is 24.3 Å². The van der Waals surface area contributed by atoms with E-state index in [0.29, 0.717) is 25.3 Å². The van der Waals surface area contributed by atoms with E-state index in [9.17, 15) is 9.59 Å². The van der Waals surface area contributed by atoms with Crippen molar-refractivity contribution >= 4 is 17.6 Å². The van der Waals surface area contributed by atoms with Crippen LogP contribution < -0.4 is 20.3 Å². The fourth-order valence-electron chi connectivity index (χ4n) is 2.45. The molecule has 3 amide bonds. The molecule has 0 unspecified atom stereocenters. The molecule has 0 aliphatic carbocycles. The second-order valence-electron chi connectivity index (χ2n) is 5.36. The number of carbonyl (C=O) groups excluding carboxylic acids is 2. The summed E-state index contributed by atoms with van der Waals surface area (Å²) in [4.78, 5) is 25.6. The van der Waals surface area contributed by atoms with Crippen molar-refractivity contribution in [3.05, 3.63) is 24.3 Å². The first-order valence-electron chi connectivity index (χ1n) is 7.62. The fraction of sp³-hybridized carbons (Fsp3) is 0.500. The van der Waals surface area contributed by atoms with Gasteiger partial charge in [0.2, 0.25) is 5.91 Å². The highest BCUT2D eigenvalue weighted by atomic mass is 16.5. The minimum Gasteiger partial charge on any atom is -0.497 e. The molecule has 1 fully saturated rings. The first-order valence-corrected chi connectivity index (χ1v) is 7.62. The van der Waals surface area contributed by atoms with Gasteiger partial charge in [-0.3, -0.25) is 4.79 Å². The molecule has 6 heteroatoms. The van der Waals surface area contributed by atoms with Gasteiger partial charge in [0, 0.05) is 31.3 Å². The summed E-state index contributed by atoms with van der Waals surface area (Å²) in [7, 11) is 1.59. The molecule has 0 aromatic heterocycles. The quantitative estimate of drug-likeness (QED) is 0.789. The van der Waals surface area contributed by atoms with Crippen molar-refractivity contribution in [2.45, 2.75) is 32.2 Å². The average molecular weight is 305 g/mol. The third kappa shape index (κ3) is 4.13. The number of anilines is 1. The third-order valence-corrected chi connectivity index (χ3v) is 3.64. The predicted molar refractivity (Wildman–Crippen MR) is 85.2 cm³/mol. The monoisotopic (exact) mass is 305 g/mol. The van der Waals surface area contributed by atoms with Crippen molar-refractivity contribution in [1.29, 1.82) is 0 Å². The maximum Gasteiger partial charge on any atom is 0.315 e. The summed E-state index contributed by atoms with van der Waals surface area (Å²) in [6.07, 6.45) is 2.30. The second kappa shape index (κ2) is 7.68. The smallest absolute Gasteiger partial charge is 0.315 e. The zero-order chi connectivity index (χ0) is 15.9. The molecule has 1 aromatic carbocycles. The maximum atomic E-state index is 12.1. The van der Waals surface area contributed by atoms with Gasteiger partial charge in [0.05, 0.1) is 13.2 Å². The van der Waals surface area contributed by atoms with Crippen LogP contribution in [0.25, 0.3) is 0 Å². The normalized spacial score (nSPS) is 17.5. The van der Waals surface area contributed by atoms with E-state index >= 15 is 0 Å². The highest BCUT2D eigenvalue weighted by Gasteiger charge is 2.31. The number of nitrogens with zero attached hydrogens (tertiary/aromatic N) is 1. The Kier molecular flexibility index (Phi) is 5.63. The van der Waals surface area contributed by atoms with E-state index in [2.05, 4.69) is 17.6 Å². The molecule has 0 bridgehead atoms. The standard InChI is InChI=1S/C16H23N3O3/c1-3-4-8-17-16(21)18-12-9-15(20)19(11-12)13-6-5-7-14(10-13)22-2/h5-7,10,12H,3-4,8-9,11H2,1-2H3,(H2,17,18,21)/t12-/m0/s1. The van der Waals surface area contributed by atoms with Crippen molar-refractivity contribution in [3.63, 3.8) is 0 Å². The number of hydrogen-bond donors (Lipinski definition) is 2. The molecule has 1 saturated heterocycles. The molecule has 1 atom stereocenters. The predicted octanol–water partition coefficient (Wildman–Crippen LogP) is 1.90. The maximum absolute atomic E-state index is 12.1. The topological polar surface area (TPSA) is 70.7 Å². The Morgan fingerprint density at radius 2 is 2.27 bits per heavy atom. The molecule has 1 heterocycles. The lowest BCUT2D eigenvalue weighted by molar-refractivity contribution is -0.117. The van der Waals surface area contributed by atoms with Gasteiger partial charge in [0.25, 0.3) is 0 Å². The van der Waals surface area contributed by atoms with Crippen LogP contribution in [0.4, 0.5) is 10.5 Å². The van der Waals surface area contributed by atoms with Gasteiger partial charge in [-0.1, -0.05) is 19.4 Å². The zero-order valence-corrected chi connectivity index (χ0v) is 13.1. The molecule has 120 valence electrons. The van der Waals surface area contributed by atoms with Gasteiger partial charge in [-0.25, -0.2) is 4.79 Å². The highest BCUT2D eigenvalue weighted by molar-refractivity contribution is 5.97. The zero-order valence-electron chi connectivity index (χ0n) is 13.1. The minimum absolute atomic E-state index is 0.00658. The van der Waals surface area contributed by atoms with Crippen LogP contribution in [0, 0.1) is 0 Å². The van der Waals surface area contributed by atoms with Crippen LogP contribution >= 0.6 is 0 Å². The van der Waals surface area contributed by atoms with Gasteiger partial charge in [0.1, 0.15) is 5.75 Å². The van der Waals surface area contributed by atoms with Gasteiger partial charge in [0.15, 0.2) is 0 Å². The number of urea groups is 1. The van der Waals surface area contributed by atoms with Crippen molar-refractivity contribution in [1.82, 2.24) is 10.6 Å².